The first kappa shape index (κ1) is 11.7. The Bertz CT molecular complexity index is 350. The summed E-state index contributed by atoms with van der Waals surface area (Å²) in [6.07, 6.45) is 1.06. The quantitative estimate of drug-likeness (QED) is 0.781. The summed E-state index contributed by atoms with van der Waals surface area (Å²) in [7, 11) is 0. The average Bonchev–Trinajstić information content (AvgIpc) is 2.16. The van der Waals surface area contributed by atoms with Gasteiger partial charge in [0.25, 0.3) is 0 Å². The first-order chi connectivity index (χ1) is 7.11. The Morgan fingerprint density at radius 3 is 2.53 bits per heavy atom. The van der Waals surface area contributed by atoms with E-state index >= 15 is 0 Å². The number of hydrogen-bond donors (Lipinski definition) is 2. The van der Waals surface area contributed by atoms with E-state index in [4.69, 9.17) is 10.2 Å². The van der Waals surface area contributed by atoms with Gasteiger partial charge in [0.1, 0.15) is 5.82 Å². The van der Waals surface area contributed by atoms with Crippen LogP contribution in [0.4, 0.5) is 4.39 Å². The first-order valence-corrected chi connectivity index (χ1v) is 4.73. The number of carbonyl (C=O) groups is 1. The summed E-state index contributed by atoms with van der Waals surface area (Å²) in [5.74, 6) is -1.25. The molecule has 0 aliphatic heterocycles. The topological polar surface area (TPSA) is 57.5 Å². The Labute approximate surface area is 87.2 Å². The number of aryl methyl sites for hydroxylation is 1. The molecule has 1 aromatic carbocycles. The van der Waals surface area contributed by atoms with E-state index in [0.29, 0.717) is 18.4 Å². The lowest BCUT2D eigenvalue weighted by molar-refractivity contribution is -0.137. The lowest BCUT2D eigenvalue weighted by Gasteiger charge is -2.03. The van der Waals surface area contributed by atoms with Gasteiger partial charge in [-0.3, -0.25) is 4.79 Å². The highest BCUT2D eigenvalue weighted by molar-refractivity contribution is 5.66. The zero-order valence-corrected chi connectivity index (χ0v) is 8.24. The normalized spacial score (nSPS) is 10.3. The zero-order chi connectivity index (χ0) is 11.3. The van der Waals surface area contributed by atoms with Crippen LogP contribution >= 0.6 is 0 Å². The van der Waals surface area contributed by atoms with Gasteiger partial charge in [-0.05, 0) is 36.1 Å². The van der Waals surface area contributed by atoms with Crippen LogP contribution in [0.5, 0.6) is 0 Å². The van der Waals surface area contributed by atoms with Crippen molar-refractivity contribution in [3.8, 4) is 0 Å². The van der Waals surface area contributed by atoms with Crippen LogP contribution in [0, 0.1) is 5.82 Å². The summed E-state index contributed by atoms with van der Waals surface area (Å²) in [6.45, 7) is -0.205. The standard InChI is InChI=1S/C11H13FO3/c12-10-5-8(2-1-3-11(14)15)4-9(6-10)7-13/h4-6,13H,1-3,7H2,(H,14,15). The minimum Gasteiger partial charge on any atom is -0.481 e. The molecule has 3 nitrogen and oxygen atoms in total. The molecule has 0 aromatic heterocycles. The summed E-state index contributed by atoms with van der Waals surface area (Å²) in [6, 6.07) is 4.31. The Morgan fingerprint density at radius 1 is 1.27 bits per heavy atom. The van der Waals surface area contributed by atoms with Gasteiger partial charge in [0.15, 0.2) is 0 Å². The molecular weight excluding hydrogens is 199 g/mol. The molecule has 4 heteroatoms. The highest BCUT2D eigenvalue weighted by Crippen LogP contribution is 2.12. The van der Waals surface area contributed by atoms with Crippen molar-refractivity contribution in [3.05, 3.63) is 35.1 Å². The van der Waals surface area contributed by atoms with Crippen LogP contribution in [-0.2, 0) is 17.8 Å². The Balaban J connectivity index is 2.60. The molecule has 0 fully saturated rings. The maximum absolute atomic E-state index is 13.0. The van der Waals surface area contributed by atoms with E-state index in [1.54, 1.807) is 6.07 Å². The van der Waals surface area contributed by atoms with E-state index in [1.165, 1.54) is 12.1 Å². The molecule has 0 bridgehead atoms. The van der Waals surface area contributed by atoms with Gasteiger partial charge in [0, 0.05) is 6.42 Å². The van der Waals surface area contributed by atoms with Crippen molar-refractivity contribution in [1.29, 1.82) is 0 Å². The number of carboxylic acids is 1. The maximum Gasteiger partial charge on any atom is 0.303 e. The second-order valence-electron chi connectivity index (χ2n) is 3.37. The van der Waals surface area contributed by atoms with Crippen molar-refractivity contribution in [2.75, 3.05) is 0 Å². The summed E-state index contributed by atoms with van der Waals surface area (Å²) in [5.41, 5.74) is 1.24. The van der Waals surface area contributed by atoms with Gasteiger partial charge in [-0.1, -0.05) is 6.07 Å². The fourth-order valence-electron chi connectivity index (χ4n) is 1.40. The number of carboxylic acid groups (broad SMARTS) is 1. The van der Waals surface area contributed by atoms with Crippen molar-refractivity contribution >= 4 is 5.97 Å². The number of aliphatic hydroxyl groups is 1. The number of halogens is 1. The van der Waals surface area contributed by atoms with E-state index in [1.807, 2.05) is 0 Å². The molecule has 0 aliphatic carbocycles. The fourth-order valence-corrected chi connectivity index (χ4v) is 1.40. The molecule has 0 saturated carbocycles. The van der Waals surface area contributed by atoms with Gasteiger partial charge in [0.05, 0.1) is 6.61 Å². The van der Waals surface area contributed by atoms with E-state index in [-0.39, 0.29) is 13.0 Å². The van der Waals surface area contributed by atoms with Crippen molar-refractivity contribution in [1.82, 2.24) is 0 Å². The summed E-state index contributed by atoms with van der Waals surface area (Å²) in [5, 5.41) is 17.3. The fraction of sp³-hybridized carbons (Fsp3) is 0.364. The number of hydrogen-bond acceptors (Lipinski definition) is 2. The highest BCUT2D eigenvalue weighted by Gasteiger charge is 2.02. The van der Waals surface area contributed by atoms with Crippen LogP contribution < -0.4 is 0 Å². The predicted octanol–water partition coefficient (Wildman–Crippen LogP) is 1.73. The van der Waals surface area contributed by atoms with Crippen LogP contribution in [-0.4, -0.2) is 16.2 Å². The van der Waals surface area contributed by atoms with E-state index < -0.39 is 11.8 Å². The van der Waals surface area contributed by atoms with E-state index in [0.717, 1.165) is 5.56 Å². The number of rotatable bonds is 5. The summed E-state index contributed by atoms with van der Waals surface area (Å²) >= 11 is 0. The zero-order valence-electron chi connectivity index (χ0n) is 8.24. The molecule has 0 aliphatic rings. The molecule has 0 spiro atoms. The lowest BCUT2D eigenvalue weighted by Crippen LogP contribution is -1.97. The second-order valence-corrected chi connectivity index (χ2v) is 3.37. The molecule has 0 heterocycles. The molecule has 1 aromatic rings. The molecular formula is C11H13FO3. The van der Waals surface area contributed by atoms with Crippen molar-refractivity contribution in [3.63, 3.8) is 0 Å². The molecule has 82 valence electrons. The minimum atomic E-state index is -0.853. The molecule has 15 heavy (non-hydrogen) atoms. The lowest BCUT2D eigenvalue weighted by atomic mass is 10.1. The average molecular weight is 212 g/mol. The molecule has 0 saturated heterocycles. The van der Waals surface area contributed by atoms with Gasteiger partial charge in [-0.25, -0.2) is 4.39 Å². The number of aliphatic carboxylic acids is 1. The van der Waals surface area contributed by atoms with Gasteiger partial charge in [0.2, 0.25) is 0 Å². The predicted molar refractivity (Wildman–Crippen MR) is 52.9 cm³/mol. The number of benzene rings is 1. The largest absolute Gasteiger partial charge is 0.481 e. The van der Waals surface area contributed by atoms with Crippen LogP contribution in [0.2, 0.25) is 0 Å². The Hall–Kier alpha value is -1.42. The van der Waals surface area contributed by atoms with Crippen LogP contribution in [0.1, 0.15) is 24.0 Å². The third-order valence-electron chi connectivity index (χ3n) is 2.06. The van der Waals surface area contributed by atoms with Gasteiger partial charge < -0.3 is 10.2 Å². The number of aliphatic hydroxyl groups excluding tert-OH is 1. The van der Waals surface area contributed by atoms with Crippen molar-refractivity contribution in [2.24, 2.45) is 0 Å². The molecule has 0 unspecified atom stereocenters. The molecule has 1 rings (SSSR count). The molecule has 0 amide bonds. The van der Waals surface area contributed by atoms with E-state index in [2.05, 4.69) is 0 Å². The van der Waals surface area contributed by atoms with Gasteiger partial charge in [-0.15, -0.1) is 0 Å². The van der Waals surface area contributed by atoms with Crippen LogP contribution in [0.3, 0.4) is 0 Å². The van der Waals surface area contributed by atoms with Crippen molar-refractivity contribution < 1.29 is 19.4 Å². The molecule has 2 N–H and O–H groups in total. The second kappa shape index (κ2) is 5.46. The van der Waals surface area contributed by atoms with Crippen LogP contribution in [0.15, 0.2) is 18.2 Å². The van der Waals surface area contributed by atoms with Gasteiger partial charge >= 0.3 is 5.97 Å². The van der Waals surface area contributed by atoms with Gasteiger partial charge in [-0.2, -0.15) is 0 Å². The third-order valence-corrected chi connectivity index (χ3v) is 2.06. The Morgan fingerprint density at radius 2 is 1.93 bits per heavy atom. The molecule has 0 atom stereocenters. The summed E-state index contributed by atoms with van der Waals surface area (Å²) in [4.78, 5) is 10.3. The minimum absolute atomic E-state index is 0.0744. The maximum atomic E-state index is 13.0. The van der Waals surface area contributed by atoms with Crippen LogP contribution in [0.25, 0.3) is 0 Å². The monoisotopic (exact) mass is 212 g/mol. The highest BCUT2D eigenvalue weighted by atomic mass is 19.1. The SMILES string of the molecule is O=C(O)CCCc1cc(F)cc(CO)c1. The molecule has 0 radical (unpaired) electrons. The Kier molecular flexibility index (Phi) is 4.24. The summed E-state index contributed by atoms with van der Waals surface area (Å²) < 4.78 is 13.0. The third kappa shape index (κ3) is 4.08. The van der Waals surface area contributed by atoms with E-state index in [9.17, 15) is 9.18 Å². The smallest absolute Gasteiger partial charge is 0.303 e. The van der Waals surface area contributed by atoms with Crippen molar-refractivity contribution in [2.45, 2.75) is 25.9 Å². The first-order valence-electron chi connectivity index (χ1n) is 4.73.